The Kier molecular flexibility index (Phi) is 193. The summed E-state index contributed by atoms with van der Waals surface area (Å²) in [6.07, 6.45) is 0. The summed E-state index contributed by atoms with van der Waals surface area (Å²) in [5, 5.41) is 0. The van der Waals surface area contributed by atoms with Crippen molar-refractivity contribution < 1.29 is 67.3 Å². The third kappa shape index (κ3) is 9.03. The predicted molar refractivity (Wildman–Crippen MR) is 3.61 cm³/mol. The van der Waals surface area contributed by atoms with E-state index in [1.807, 2.05) is 0 Å². The molecule has 0 atom stereocenters. The van der Waals surface area contributed by atoms with E-state index in [-0.39, 0.29) is 67.3 Å². The monoisotopic (exact) mass is 288 g/mol. The molecule has 0 aromatic rings. The first-order valence-electron chi connectivity index (χ1n) is 0. The number of hydrogen-bond acceptors (Lipinski definition) is 0. The molecule has 2 radical (unpaired) electrons. The van der Waals surface area contributed by atoms with Gasteiger partial charge in [0.25, 0.3) is 0 Å². The minimum absolute atomic E-state index is 0. The minimum atomic E-state index is 0. The number of rotatable bonds is 0. The van der Waals surface area contributed by atoms with Gasteiger partial charge in [-0.3, -0.25) is 0 Å². The molecule has 38 valence electrons. The van der Waals surface area contributed by atoms with E-state index in [9.17, 15) is 0 Å². The Balaban J connectivity index is 0. The van der Waals surface area contributed by atoms with E-state index < -0.39 is 0 Å². The Bertz CT molecular complexity index is 6.00. The van der Waals surface area contributed by atoms with Gasteiger partial charge in [0.15, 0.2) is 0 Å². The summed E-state index contributed by atoms with van der Waals surface area (Å²) in [4.78, 5) is 0. The normalized spacial score (nSPS) is 0. The maximum Gasteiger partial charge on any atom is 0 e. The average molecular weight is 290 g/mol. The van der Waals surface area contributed by atoms with Crippen LogP contribution in [-0.2, 0) is 61.8 Å². The van der Waals surface area contributed by atoms with E-state index in [4.69, 9.17) is 0 Å². The van der Waals surface area contributed by atoms with Crippen LogP contribution in [0.1, 0.15) is 0 Å². The molecule has 4 heteroatoms. The van der Waals surface area contributed by atoms with Crippen LogP contribution in [0, 0.1) is 0 Å². The van der Waals surface area contributed by atoms with Gasteiger partial charge in [-0.15, -0.1) is 0 Å². The molecule has 4 heavy (non-hydrogen) atoms. The van der Waals surface area contributed by atoms with E-state index in [1.165, 1.54) is 0 Å². The van der Waals surface area contributed by atoms with E-state index >= 15 is 0 Å². The van der Waals surface area contributed by atoms with Gasteiger partial charge in [0.05, 0.1) is 0 Å². The second-order valence-corrected chi connectivity index (χ2v) is 0. The third-order valence-corrected chi connectivity index (χ3v) is 0. The standard InChI is InChI=1S/2Ag.Fe.H2O/h;;;1H2. The van der Waals surface area contributed by atoms with Crippen molar-refractivity contribution in [2.24, 2.45) is 0 Å². The van der Waals surface area contributed by atoms with Gasteiger partial charge in [-0.25, -0.2) is 0 Å². The van der Waals surface area contributed by atoms with Crippen molar-refractivity contribution in [3.05, 3.63) is 0 Å². The van der Waals surface area contributed by atoms with E-state index in [0.29, 0.717) is 0 Å². The summed E-state index contributed by atoms with van der Waals surface area (Å²) in [5.41, 5.74) is 0. The Morgan fingerprint density at radius 2 is 0.750 bits per heavy atom. The van der Waals surface area contributed by atoms with Crippen LogP contribution < -0.4 is 0 Å². The van der Waals surface area contributed by atoms with Crippen molar-refractivity contribution in [2.75, 3.05) is 0 Å². The summed E-state index contributed by atoms with van der Waals surface area (Å²) in [6.45, 7) is 0. The summed E-state index contributed by atoms with van der Waals surface area (Å²) in [6, 6.07) is 0. The first-order chi connectivity index (χ1) is 0. The second kappa shape index (κ2) is 20.2. The topological polar surface area (TPSA) is 31.5 Å². The molecule has 0 bridgehead atoms. The fraction of sp³-hybridized carbons (Fsp3) is 0. The molecular formula is H2Ag2FeO. The molecule has 0 fully saturated rings. The summed E-state index contributed by atoms with van der Waals surface area (Å²) >= 11 is 0. The molecule has 0 saturated heterocycles. The van der Waals surface area contributed by atoms with Gasteiger partial charge in [-0.2, -0.15) is 0 Å². The van der Waals surface area contributed by atoms with Crippen LogP contribution >= 0.6 is 0 Å². The maximum absolute atomic E-state index is 0. The van der Waals surface area contributed by atoms with Crippen LogP contribution in [-0.4, -0.2) is 5.48 Å². The molecule has 0 aliphatic heterocycles. The van der Waals surface area contributed by atoms with Gasteiger partial charge in [0.2, 0.25) is 0 Å². The smallest absolute Gasteiger partial charge is 0 e. The maximum atomic E-state index is 0. The minimum Gasteiger partial charge on any atom is -0.412 e. The van der Waals surface area contributed by atoms with Gasteiger partial charge in [0.1, 0.15) is 0 Å². The van der Waals surface area contributed by atoms with Crippen LogP contribution in [0.3, 0.4) is 0 Å². The van der Waals surface area contributed by atoms with Crippen molar-refractivity contribution in [2.45, 2.75) is 0 Å². The molecule has 2 N–H and O–H groups in total. The number of hydrogen-bond donors (Lipinski definition) is 0. The van der Waals surface area contributed by atoms with Crippen molar-refractivity contribution in [3.8, 4) is 0 Å². The largest absolute Gasteiger partial charge is 0.412 e. The van der Waals surface area contributed by atoms with Crippen LogP contribution in [0.15, 0.2) is 0 Å². The molecule has 0 spiro atoms. The van der Waals surface area contributed by atoms with Gasteiger partial charge in [0, 0.05) is 61.8 Å². The second-order valence-electron chi connectivity index (χ2n) is 0. The first kappa shape index (κ1) is 38.2. The van der Waals surface area contributed by atoms with Crippen molar-refractivity contribution in [3.63, 3.8) is 0 Å². The quantitative estimate of drug-likeness (QED) is 0.521. The summed E-state index contributed by atoms with van der Waals surface area (Å²) < 4.78 is 0. The zero-order chi connectivity index (χ0) is 0. The van der Waals surface area contributed by atoms with Crippen molar-refractivity contribution in [1.29, 1.82) is 0 Å². The van der Waals surface area contributed by atoms with E-state index in [0.717, 1.165) is 0 Å². The summed E-state index contributed by atoms with van der Waals surface area (Å²) in [7, 11) is 0. The SMILES string of the molecule is O.[Ag].[Ag].[Fe]. The molecule has 0 heterocycles. The zero-order valence-corrected chi connectivity index (χ0v) is 5.53. The van der Waals surface area contributed by atoms with Gasteiger partial charge < -0.3 is 5.48 Å². The Morgan fingerprint density at radius 1 is 0.750 bits per heavy atom. The molecule has 0 rings (SSSR count). The molecule has 0 aromatic carbocycles. The van der Waals surface area contributed by atoms with Gasteiger partial charge in [-0.1, -0.05) is 0 Å². The molecule has 0 aliphatic rings. The van der Waals surface area contributed by atoms with E-state index in [2.05, 4.69) is 0 Å². The molecule has 0 aromatic heterocycles. The third-order valence-electron chi connectivity index (χ3n) is 0. The van der Waals surface area contributed by atoms with Crippen LogP contribution in [0.2, 0.25) is 0 Å². The molecule has 1 nitrogen and oxygen atoms in total. The fourth-order valence-electron chi connectivity index (χ4n) is 0. The summed E-state index contributed by atoms with van der Waals surface area (Å²) in [5.74, 6) is 0. The molecule has 0 unspecified atom stereocenters. The Labute approximate surface area is 66.7 Å². The van der Waals surface area contributed by atoms with Crippen molar-refractivity contribution >= 4 is 0 Å². The zero-order valence-electron chi connectivity index (χ0n) is 1.46. The van der Waals surface area contributed by atoms with Crippen LogP contribution in [0.4, 0.5) is 0 Å². The molecular weight excluding hydrogens is 288 g/mol. The molecule has 0 amide bonds. The predicted octanol–water partition coefficient (Wildman–Crippen LogP) is -0.832. The Hall–Kier alpha value is 1.96. The van der Waals surface area contributed by atoms with Crippen LogP contribution in [0.25, 0.3) is 0 Å². The fourth-order valence-corrected chi connectivity index (χ4v) is 0. The van der Waals surface area contributed by atoms with Gasteiger partial charge in [-0.05, 0) is 0 Å². The first-order valence-corrected chi connectivity index (χ1v) is 0. The van der Waals surface area contributed by atoms with Crippen LogP contribution in [0.5, 0.6) is 0 Å². The molecule has 0 aliphatic carbocycles. The van der Waals surface area contributed by atoms with E-state index in [1.54, 1.807) is 0 Å². The van der Waals surface area contributed by atoms with Gasteiger partial charge >= 0.3 is 0 Å². The average Bonchev–Trinajstić information content (AvgIpc) is 0. The Morgan fingerprint density at radius 3 is 0.750 bits per heavy atom. The molecule has 0 saturated carbocycles. The van der Waals surface area contributed by atoms with Crippen molar-refractivity contribution in [1.82, 2.24) is 0 Å².